The maximum absolute atomic E-state index is 12.3. The maximum atomic E-state index is 12.3. The summed E-state index contributed by atoms with van der Waals surface area (Å²) in [6.45, 7) is 9.17. The first-order valence-corrected chi connectivity index (χ1v) is 10.1. The molecule has 1 aliphatic rings. The summed E-state index contributed by atoms with van der Waals surface area (Å²) in [4.78, 5) is 52.4. The average Bonchev–Trinajstić information content (AvgIpc) is 2.69. The Bertz CT molecular complexity index is 547. The van der Waals surface area contributed by atoms with Gasteiger partial charge in [0.15, 0.2) is 0 Å². The van der Waals surface area contributed by atoms with Crippen LogP contribution in [0.1, 0.15) is 13.8 Å². The second-order valence-electron chi connectivity index (χ2n) is 7.59. The van der Waals surface area contributed by atoms with E-state index in [0.29, 0.717) is 71.8 Å². The molecule has 30 heavy (non-hydrogen) atoms. The summed E-state index contributed by atoms with van der Waals surface area (Å²) in [5.74, 6) is -0.873. The largest absolute Gasteiger partial charge is 0.480 e. The van der Waals surface area contributed by atoms with Gasteiger partial charge in [-0.1, -0.05) is 13.8 Å². The minimum atomic E-state index is -0.917. The van der Waals surface area contributed by atoms with E-state index in [0.717, 1.165) is 0 Å². The lowest BCUT2D eigenvalue weighted by Crippen LogP contribution is -2.48. The Balaban J connectivity index is 2.89. The molecule has 0 saturated carbocycles. The summed E-state index contributed by atoms with van der Waals surface area (Å²) in [6.07, 6.45) is 0. The van der Waals surface area contributed by atoms with Crippen LogP contribution in [0.3, 0.4) is 0 Å². The number of Topliss-reactive ketones (excluding diaryl/α,β-unsaturated/α-hetero) is 1. The highest BCUT2D eigenvalue weighted by molar-refractivity contribution is 5.82. The van der Waals surface area contributed by atoms with E-state index in [1.165, 1.54) is 0 Å². The summed E-state index contributed by atoms with van der Waals surface area (Å²) in [5, 5.41) is 9.22. The van der Waals surface area contributed by atoms with Gasteiger partial charge in [0.05, 0.1) is 13.1 Å². The molecule has 1 N–H and O–H groups in total. The monoisotopic (exact) mass is 430 g/mol. The van der Waals surface area contributed by atoms with Crippen LogP contribution >= 0.6 is 0 Å². The van der Waals surface area contributed by atoms with E-state index in [1.807, 2.05) is 33.4 Å². The zero-order valence-electron chi connectivity index (χ0n) is 17.9. The van der Waals surface area contributed by atoms with Gasteiger partial charge in [0.25, 0.3) is 12.9 Å². The molecule has 0 unspecified atom stereocenters. The number of carboxylic acids is 1. The van der Waals surface area contributed by atoms with Crippen molar-refractivity contribution in [1.29, 1.82) is 0 Å². The Morgan fingerprint density at radius 2 is 1.13 bits per heavy atom. The first kappa shape index (κ1) is 26.0. The Morgan fingerprint density at radius 3 is 1.47 bits per heavy atom. The fourth-order valence-corrected chi connectivity index (χ4v) is 3.02. The number of hydrogen-bond acceptors (Lipinski definition) is 10. The van der Waals surface area contributed by atoms with Crippen LogP contribution < -0.4 is 0 Å². The minimum Gasteiger partial charge on any atom is -0.480 e. The number of carboxylic acid groups (broad SMARTS) is 1. The van der Waals surface area contributed by atoms with E-state index in [9.17, 15) is 24.3 Å². The molecule has 0 aliphatic carbocycles. The molecule has 0 bridgehead atoms. The van der Waals surface area contributed by atoms with Gasteiger partial charge in [0.1, 0.15) is 19.2 Å². The van der Waals surface area contributed by atoms with E-state index < -0.39 is 5.97 Å². The number of carbonyl (C=O) groups excluding carboxylic acids is 3. The summed E-state index contributed by atoms with van der Waals surface area (Å²) < 4.78 is 9.78. The molecule has 0 aromatic carbocycles. The van der Waals surface area contributed by atoms with Crippen LogP contribution in [-0.4, -0.2) is 128 Å². The van der Waals surface area contributed by atoms with Gasteiger partial charge in [-0.25, -0.2) is 0 Å². The van der Waals surface area contributed by atoms with Gasteiger partial charge in [-0.05, 0) is 0 Å². The van der Waals surface area contributed by atoms with Crippen molar-refractivity contribution in [3.63, 3.8) is 0 Å². The number of ketones is 1. The fourth-order valence-electron chi connectivity index (χ4n) is 3.02. The molecular weight excluding hydrogens is 396 g/mol. The zero-order chi connectivity index (χ0) is 22.4. The lowest BCUT2D eigenvalue weighted by atomic mass is 10.1. The fraction of sp³-hybridized carbons (Fsp3) is 0.789. The molecule has 1 fully saturated rings. The minimum absolute atomic E-state index is 0.0811. The number of aliphatic carboxylic acids is 1. The molecule has 1 aliphatic heterocycles. The lowest BCUT2D eigenvalue weighted by Gasteiger charge is -2.33. The summed E-state index contributed by atoms with van der Waals surface area (Å²) in [5.41, 5.74) is 0. The molecule has 0 atom stereocenters. The Kier molecular flexibility index (Phi) is 12.8. The van der Waals surface area contributed by atoms with E-state index >= 15 is 0 Å². The third kappa shape index (κ3) is 11.2. The molecule has 1 rings (SSSR count). The number of nitrogens with zero attached hydrogens (tertiary/aromatic N) is 4. The van der Waals surface area contributed by atoms with Crippen LogP contribution in [0.15, 0.2) is 0 Å². The van der Waals surface area contributed by atoms with Crippen LogP contribution in [0.25, 0.3) is 0 Å². The van der Waals surface area contributed by atoms with Gasteiger partial charge in [0.2, 0.25) is 0 Å². The van der Waals surface area contributed by atoms with Crippen molar-refractivity contribution >= 4 is 24.7 Å². The number of hydrogen-bond donors (Lipinski definition) is 1. The predicted octanol–water partition coefficient (Wildman–Crippen LogP) is -1.22. The van der Waals surface area contributed by atoms with Gasteiger partial charge in [-0.2, -0.15) is 0 Å². The van der Waals surface area contributed by atoms with Crippen LogP contribution in [0.2, 0.25) is 0 Å². The Morgan fingerprint density at radius 1 is 0.767 bits per heavy atom. The topological polar surface area (TPSA) is 120 Å². The van der Waals surface area contributed by atoms with Gasteiger partial charge < -0.3 is 14.6 Å². The quantitative estimate of drug-likeness (QED) is 0.397. The molecular formula is C19H34N4O7. The zero-order valence-corrected chi connectivity index (χ0v) is 17.9. The smallest absolute Gasteiger partial charge is 0.317 e. The van der Waals surface area contributed by atoms with Crippen molar-refractivity contribution in [3.05, 3.63) is 0 Å². The predicted molar refractivity (Wildman–Crippen MR) is 108 cm³/mol. The van der Waals surface area contributed by atoms with E-state index in [2.05, 4.69) is 0 Å². The normalized spacial score (nSPS) is 18.9. The van der Waals surface area contributed by atoms with Crippen molar-refractivity contribution in [3.8, 4) is 0 Å². The van der Waals surface area contributed by atoms with Crippen LogP contribution in [-0.2, 0) is 28.7 Å². The van der Waals surface area contributed by atoms with Gasteiger partial charge >= 0.3 is 5.97 Å². The average molecular weight is 431 g/mol. The highest BCUT2D eigenvalue weighted by Gasteiger charge is 2.20. The molecule has 172 valence electrons. The third-order valence-corrected chi connectivity index (χ3v) is 4.96. The third-order valence-electron chi connectivity index (χ3n) is 4.96. The number of rotatable bonds is 11. The molecule has 1 heterocycles. The van der Waals surface area contributed by atoms with Crippen molar-refractivity contribution in [2.45, 2.75) is 13.8 Å². The van der Waals surface area contributed by atoms with Gasteiger partial charge in [-0.3, -0.25) is 38.8 Å². The molecule has 0 spiro atoms. The van der Waals surface area contributed by atoms with E-state index in [-0.39, 0.29) is 31.7 Å². The van der Waals surface area contributed by atoms with Crippen LogP contribution in [0.5, 0.6) is 0 Å². The SMILES string of the molecule is CC(C)C(=O)CN1CCN(COC=O)CCN(COC=O)CCN(CC(=O)O)CC1. The van der Waals surface area contributed by atoms with Crippen molar-refractivity contribution in [1.82, 2.24) is 19.6 Å². The Labute approximate surface area is 177 Å². The van der Waals surface area contributed by atoms with Gasteiger partial charge in [0, 0.05) is 58.3 Å². The Hall–Kier alpha value is -2.08. The maximum Gasteiger partial charge on any atom is 0.317 e. The molecule has 11 nitrogen and oxygen atoms in total. The summed E-state index contributed by atoms with van der Waals surface area (Å²) in [6, 6.07) is 0. The number of ether oxygens (including phenoxy) is 2. The first-order chi connectivity index (χ1) is 14.3. The molecule has 0 aromatic heterocycles. The summed E-state index contributed by atoms with van der Waals surface area (Å²) in [7, 11) is 0. The van der Waals surface area contributed by atoms with Crippen LogP contribution in [0.4, 0.5) is 0 Å². The number of carbonyl (C=O) groups is 4. The highest BCUT2D eigenvalue weighted by Crippen LogP contribution is 2.03. The molecule has 0 radical (unpaired) electrons. The van der Waals surface area contributed by atoms with Crippen molar-refractivity contribution in [2.24, 2.45) is 5.92 Å². The van der Waals surface area contributed by atoms with Crippen molar-refractivity contribution in [2.75, 3.05) is 78.9 Å². The lowest BCUT2D eigenvalue weighted by molar-refractivity contribution is -0.139. The van der Waals surface area contributed by atoms with E-state index in [4.69, 9.17) is 9.47 Å². The van der Waals surface area contributed by atoms with Gasteiger partial charge in [-0.15, -0.1) is 0 Å². The molecule has 1 saturated heterocycles. The molecule has 11 heteroatoms. The second-order valence-corrected chi connectivity index (χ2v) is 7.59. The summed E-state index contributed by atoms with van der Waals surface area (Å²) >= 11 is 0. The van der Waals surface area contributed by atoms with Crippen LogP contribution in [0, 0.1) is 5.92 Å². The van der Waals surface area contributed by atoms with E-state index in [1.54, 1.807) is 0 Å². The standard InChI is InChI=1S/C19H34N4O7/c1-17(2)18(26)11-20-3-4-21(12-19(27)28)6-8-23(14-30-16-25)10-9-22(7-5-20)13-29-15-24/h15-17H,3-14H2,1-2H3,(H,27,28). The molecule has 0 aromatic rings. The molecule has 0 amide bonds. The first-order valence-electron chi connectivity index (χ1n) is 10.1. The second kappa shape index (κ2) is 14.8. The van der Waals surface area contributed by atoms with Crippen molar-refractivity contribution < 1.29 is 33.8 Å². The highest BCUT2D eigenvalue weighted by atomic mass is 16.5.